The molecule has 8 heteroatoms. The van der Waals surface area contributed by atoms with Crippen LogP contribution < -0.4 is 10.6 Å². The minimum Gasteiger partial charge on any atom is -0.356 e. The SMILES string of the molecule is CN=C(NCCCN1CCCCC1C)NCCc1nc(C)no1.I. The van der Waals surface area contributed by atoms with Crippen LogP contribution in [-0.2, 0) is 6.42 Å². The monoisotopic (exact) mass is 450 g/mol. The van der Waals surface area contributed by atoms with Gasteiger partial charge in [-0.25, -0.2) is 0 Å². The van der Waals surface area contributed by atoms with Crippen molar-refractivity contribution in [3.8, 4) is 0 Å². The molecule has 2 rings (SSSR count). The number of hydrogen-bond acceptors (Lipinski definition) is 5. The third-order valence-corrected chi connectivity index (χ3v) is 4.28. The van der Waals surface area contributed by atoms with Crippen LogP contribution in [0, 0.1) is 6.92 Å². The number of halogens is 1. The first kappa shape index (κ1) is 21.1. The van der Waals surface area contributed by atoms with Crippen molar-refractivity contribution in [2.24, 2.45) is 4.99 Å². The van der Waals surface area contributed by atoms with E-state index in [1.54, 1.807) is 7.05 Å². The summed E-state index contributed by atoms with van der Waals surface area (Å²) >= 11 is 0. The zero-order valence-electron chi connectivity index (χ0n) is 15.0. The lowest BCUT2D eigenvalue weighted by Gasteiger charge is -2.33. The lowest BCUT2D eigenvalue weighted by Crippen LogP contribution is -2.41. The molecule has 1 atom stereocenters. The molecule has 1 aliphatic rings. The fourth-order valence-corrected chi connectivity index (χ4v) is 2.93. The van der Waals surface area contributed by atoms with Gasteiger partial charge in [-0.15, -0.1) is 24.0 Å². The van der Waals surface area contributed by atoms with E-state index in [1.165, 1.54) is 25.8 Å². The minimum atomic E-state index is 0. The Bertz CT molecular complexity index is 493. The van der Waals surface area contributed by atoms with Gasteiger partial charge in [0.25, 0.3) is 0 Å². The van der Waals surface area contributed by atoms with Gasteiger partial charge in [-0.05, 0) is 39.7 Å². The summed E-state index contributed by atoms with van der Waals surface area (Å²) in [4.78, 5) is 11.0. The van der Waals surface area contributed by atoms with Crippen LogP contribution in [-0.4, -0.2) is 60.3 Å². The predicted molar refractivity (Wildman–Crippen MR) is 107 cm³/mol. The number of hydrogen-bond donors (Lipinski definition) is 2. The highest BCUT2D eigenvalue weighted by Gasteiger charge is 2.17. The van der Waals surface area contributed by atoms with E-state index in [1.807, 2.05) is 6.92 Å². The molecule has 138 valence electrons. The number of aromatic nitrogens is 2. The molecule has 1 aliphatic heterocycles. The molecule has 1 fully saturated rings. The van der Waals surface area contributed by atoms with Gasteiger partial charge in [-0.2, -0.15) is 4.98 Å². The summed E-state index contributed by atoms with van der Waals surface area (Å²) in [6, 6.07) is 0.735. The average molecular weight is 450 g/mol. The van der Waals surface area contributed by atoms with Crippen molar-refractivity contribution in [1.29, 1.82) is 0 Å². The van der Waals surface area contributed by atoms with E-state index in [9.17, 15) is 0 Å². The molecule has 1 aromatic heterocycles. The summed E-state index contributed by atoms with van der Waals surface area (Å²) in [5, 5.41) is 10.4. The Morgan fingerprint density at radius 3 is 2.79 bits per heavy atom. The second-order valence-corrected chi connectivity index (χ2v) is 6.15. The summed E-state index contributed by atoms with van der Waals surface area (Å²) < 4.78 is 5.09. The van der Waals surface area contributed by atoms with E-state index in [0.29, 0.717) is 18.1 Å². The molecule has 1 unspecified atom stereocenters. The Morgan fingerprint density at radius 2 is 2.12 bits per heavy atom. The van der Waals surface area contributed by atoms with Gasteiger partial charge in [0.05, 0.1) is 0 Å². The summed E-state index contributed by atoms with van der Waals surface area (Å²) in [5.41, 5.74) is 0. The molecule has 0 amide bonds. The standard InChI is InChI=1S/C16H30N6O.HI/c1-13-7-4-5-11-22(13)12-6-9-18-16(17-3)19-10-8-15-20-14(2)21-23-15;/h13H,4-12H2,1-3H3,(H2,17,18,19);1H. The van der Waals surface area contributed by atoms with Crippen molar-refractivity contribution in [3.05, 3.63) is 11.7 Å². The number of rotatable bonds is 7. The molecule has 0 aliphatic carbocycles. The smallest absolute Gasteiger partial charge is 0.228 e. The first-order valence-corrected chi connectivity index (χ1v) is 8.67. The number of piperidine rings is 1. The summed E-state index contributed by atoms with van der Waals surface area (Å²) in [5.74, 6) is 2.16. The second kappa shape index (κ2) is 11.6. The fraction of sp³-hybridized carbons (Fsp3) is 0.812. The quantitative estimate of drug-likeness (QED) is 0.286. The average Bonchev–Trinajstić information content (AvgIpc) is 2.96. The lowest BCUT2D eigenvalue weighted by atomic mass is 10.0. The highest BCUT2D eigenvalue weighted by Crippen LogP contribution is 2.15. The van der Waals surface area contributed by atoms with Crippen LogP contribution in [0.2, 0.25) is 0 Å². The van der Waals surface area contributed by atoms with Gasteiger partial charge in [0, 0.05) is 39.1 Å². The van der Waals surface area contributed by atoms with Crippen molar-refractivity contribution in [3.63, 3.8) is 0 Å². The van der Waals surface area contributed by atoms with E-state index in [0.717, 1.165) is 38.1 Å². The minimum absolute atomic E-state index is 0. The largest absolute Gasteiger partial charge is 0.356 e. The molecule has 0 saturated carbocycles. The first-order valence-electron chi connectivity index (χ1n) is 8.67. The highest BCUT2D eigenvalue weighted by molar-refractivity contribution is 14.0. The first-order chi connectivity index (χ1) is 11.2. The molecular formula is C16H31IN6O. The van der Waals surface area contributed by atoms with E-state index < -0.39 is 0 Å². The van der Waals surface area contributed by atoms with Crippen LogP contribution in [0.5, 0.6) is 0 Å². The van der Waals surface area contributed by atoms with Crippen LogP contribution >= 0.6 is 24.0 Å². The van der Waals surface area contributed by atoms with Crippen molar-refractivity contribution in [1.82, 2.24) is 25.7 Å². The highest BCUT2D eigenvalue weighted by atomic mass is 127. The van der Waals surface area contributed by atoms with E-state index >= 15 is 0 Å². The Labute approximate surface area is 162 Å². The van der Waals surface area contributed by atoms with Crippen molar-refractivity contribution >= 4 is 29.9 Å². The molecule has 0 spiro atoms. The maximum Gasteiger partial charge on any atom is 0.228 e. The van der Waals surface area contributed by atoms with Crippen LogP contribution in [0.3, 0.4) is 0 Å². The molecular weight excluding hydrogens is 419 g/mol. The van der Waals surface area contributed by atoms with E-state index in [2.05, 4.69) is 37.6 Å². The maximum absolute atomic E-state index is 5.09. The number of aliphatic imine (C=N–C) groups is 1. The lowest BCUT2D eigenvalue weighted by molar-refractivity contribution is 0.159. The number of guanidine groups is 1. The molecule has 7 nitrogen and oxygen atoms in total. The summed E-state index contributed by atoms with van der Waals surface area (Å²) in [7, 11) is 1.79. The third-order valence-electron chi connectivity index (χ3n) is 4.28. The van der Waals surface area contributed by atoms with Crippen molar-refractivity contribution in [2.75, 3.05) is 33.2 Å². The van der Waals surface area contributed by atoms with E-state index in [-0.39, 0.29) is 24.0 Å². The predicted octanol–water partition coefficient (Wildman–Crippen LogP) is 1.97. The molecule has 24 heavy (non-hydrogen) atoms. The Morgan fingerprint density at radius 1 is 1.33 bits per heavy atom. The zero-order chi connectivity index (χ0) is 16.5. The van der Waals surface area contributed by atoms with Gasteiger partial charge in [0.15, 0.2) is 11.8 Å². The Hall–Kier alpha value is -0.900. The van der Waals surface area contributed by atoms with Gasteiger partial charge in [-0.3, -0.25) is 4.99 Å². The van der Waals surface area contributed by atoms with Gasteiger partial charge in [0.1, 0.15) is 0 Å². The summed E-state index contributed by atoms with van der Waals surface area (Å²) in [6.07, 6.45) is 5.90. The summed E-state index contributed by atoms with van der Waals surface area (Å²) in [6.45, 7) is 8.23. The van der Waals surface area contributed by atoms with Gasteiger partial charge in [-0.1, -0.05) is 11.6 Å². The second-order valence-electron chi connectivity index (χ2n) is 6.15. The van der Waals surface area contributed by atoms with Crippen LogP contribution in [0.4, 0.5) is 0 Å². The Balaban J connectivity index is 0.00000288. The normalized spacial score (nSPS) is 19.0. The molecule has 0 aromatic carbocycles. The fourth-order valence-electron chi connectivity index (χ4n) is 2.93. The van der Waals surface area contributed by atoms with Gasteiger partial charge >= 0.3 is 0 Å². The number of likely N-dealkylation sites (tertiary alicyclic amines) is 1. The molecule has 0 bridgehead atoms. The van der Waals surface area contributed by atoms with Gasteiger partial charge < -0.3 is 20.1 Å². The van der Waals surface area contributed by atoms with Crippen LogP contribution in [0.15, 0.2) is 9.52 Å². The molecule has 2 N–H and O–H groups in total. The maximum atomic E-state index is 5.09. The Kier molecular flexibility index (Phi) is 10.2. The van der Waals surface area contributed by atoms with Crippen molar-refractivity contribution < 1.29 is 4.52 Å². The zero-order valence-corrected chi connectivity index (χ0v) is 17.4. The molecule has 1 saturated heterocycles. The molecule has 0 radical (unpaired) electrons. The third kappa shape index (κ3) is 7.33. The number of aryl methyl sites for hydroxylation is 1. The van der Waals surface area contributed by atoms with Crippen LogP contribution in [0.25, 0.3) is 0 Å². The topological polar surface area (TPSA) is 78.6 Å². The van der Waals surface area contributed by atoms with Gasteiger partial charge in [0.2, 0.25) is 5.89 Å². The van der Waals surface area contributed by atoms with Crippen molar-refractivity contribution in [2.45, 2.75) is 52.0 Å². The molecule has 2 heterocycles. The van der Waals surface area contributed by atoms with E-state index in [4.69, 9.17) is 4.52 Å². The number of nitrogens with zero attached hydrogens (tertiary/aromatic N) is 4. The van der Waals surface area contributed by atoms with Crippen LogP contribution in [0.1, 0.15) is 44.3 Å². The molecule has 1 aromatic rings. The number of nitrogens with one attached hydrogen (secondary N) is 2.